The highest BCUT2D eigenvalue weighted by atomic mass is 79.9. The smallest absolute Gasteiger partial charge is 0.342 e. The maximum Gasteiger partial charge on any atom is 0.342 e. The van der Waals surface area contributed by atoms with Crippen LogP contribution in [0.3, 0.4) is 0 Å². The molecule has 0 aliphatic carbocycles. The molecule has 20 heavy (non-hydrogen) atoms. The monoisotopic (exact) mass is 335 g/mol. The second kappa shape index (κ2) is 6.43. The van der Waals surface area contributed by atoms with Crippen molar-refractivity contribution in [1.29, 1.82) is 0 Å². The van der Waals surface area contributed by atoms with Crippen LogP contribution in [0.1, 0.15) is 17.3 Å². The van der Waals surface area contributed by atoms with E-state index in [1.54, 1.807) is 37.3 Å². The minimum Gasteiger partial charge on any atom is -0.462 e. The van der Waals surface area contributed by atoms with Crippen molar-refractivity contribution in [2.24, 2.45) is 0 Å². The second-order valence-electron chi connectivity index (χ2n) is 4.00. The van der Waals surface area contributed by atoms with Crippen molar-refractivity contribution in [2.45, 2.75) is 6.92 Å². The molecule has 104 valence electrons. The summed E-state index contributed by atoms with van der Waals surface area (Å²) in [6.45, 7) is 2.05. The van der Waals surface area contributed by atoms with Crippen molar-refractivity contribution in [3.63, 3.8) is 0 Å². The number of halogens is 1. The molecule has 0 aromatic heterocycles. The van der Waals surface area contributed by atoms with Gasteiger partial charge in [0, 0.05) is 4.47 Å². The van der Waals surface area contributed by atoms with Gasteiger partial charge in [-0.3, -0.25) is 0 Å². The van der Waals surface area contributed by atoms with Crippen molar-refractivity contribution in [1.82, 2.24) is 0 Å². The predicted octanol–water partition coefficient (Wildman–Crippen LogP) is 4.00. The lowest BCUT2D eigenvalue weighted by Crippen LogP contribution is -2.07. The van der Waals surface area contributed by atoms with Crippen molar-refractivity contribution >= 4 is 27.6 Å². The fourth-order valence-corrected chi connectivity index (χ4v) is 1.92. The van der Waals surface area contributed by atoms with Gasteiger partial charge in [-0.05, 0) is 43.3 Å². The lowest BCUT2D eigenvalue weighted by molar-refractivity contribution is 0.0523. The van der Waals surface area contributed by atoms with Crippen LogP contribution in [0.2, 0.25) is 0 Å². The van der Waals surface area contributed by atoms with Gasteiger partial charge in [0.2, 0.25) is 0 Å². The third-order valence-corrected chi connectivity index (χ3v) is 3.10. The molecule has 5 heteroatoms. The SMILES string of the molecule is CCOC(=O)c1cccc(N)c1Oc1ccc(Br)cc1. The van der Waals surface area contributed by atoms with Gasteiger partial charge in [0.05, 0.1) is 12.3 Å². The fraction of sp³-hybridized carbons (Fsp3) is 0.133. The molecule has 2 aromatic rings. The quantitative estimate of drug-likeness (QED) is 0.677. The number of para-hydroxylation sites is 1. The first-order valence-corrected chi connectivity index (χ1v) is 6.90. The number of ether oxygens (including phenoxy) is 2. The molecule has 0 unspecified atom stereocenters. The number of esters is 1. The highest BCUT2D eigenvalue weighted by molar-refractivity contribution is 9.10. The number of anilines is 1. The minimum absolute atomic E-state index is 0.297. The fourth-order valence-electron chi connectivity index (χ4n) is 1.66. The van der Waals surface area contributed by atoms with Gasteiger partial charge >= 0.3 is 5.97 Å². The summed E-state index contributed by atoms with van der Waals surface area (Å²) in [6, 6.07) is 12.3. The molecule has 2 rings (SSSR count). The van der Waals surface area contributed by atoms with E-state index in [1.165, 1.54) is 0 Å². The van der Waals surface area contributed by atoms with Crippen LogP contribution < -0.4 is 10.5 Å². The molecule has 0 aliphatic heterocycles. The van der Waals surface area contributed by atoms with E-state index in [-0.39, 0.29) is 0 Å². The zero-order valence-electron chi connectivity index (χ0n) is 10.9. The maximum absolute atomic E-state index is 11.9. The van der Waals surface area contributed by atoms with Gasteiger partial charge in [-0.1, -0.05) is 22.0 Å². The number of nitrogen functional groups attached to an aromatic ring is 1. The van der Waals surface area contributed by atoms with Crippen molar-refractivity contribution < 1.29 is 14.3 Å². The molecule has 4 nitrogen and oxygen atoms in total. The van der Waals surface area contributed by atoms with Crippen LogP contribution in [-0.4, -0.2) is 12.6 Å². The van der Waals surface area contributed by atoms with Gasteiger partial charge in [-0.2, -0.15) is 0 Å². The molecular weight excluding hydrogens is 322 g/mol. The second-order valence-corrected chi connectivity index (χ2v) is 4.92. The number of hydrogen-bond acceptors (Lipinski definition) is 4. The lowest BCUT2D eigenvalue weighted by Gasteiger charge is -2.12. The molecule has 0 aliphatic rings. The van der Waals surface area contributed by atoms with E-state index in [0.717, 1.165) is 4.47 Å². The van der Waals surface area contributed by atoms with E-state index in [0.29, 0.717) is 29.4 Å². The Labute approximate surface area is 125 Å². The summed E-state index contributed by atoms with van der Waals surface area (Å²) in [5.74, 6) is 0.455. The van der Waals surface area contributed by atoms with Gasteiger partial charge in [-0.15, -0.1) is 0 Å². The van der Waals surface area contributed by atoms with Crippen molar-refractivity contribution in [2.75, 3.05) is 12.3 Å². The van der Waals surface area contributed by atoms with Gasteiger partial charge in [-0.25, -0.2) is 4.79 Å². The van der Waals surface area contributed by atoms with Gasteiger partial charge in [0.25, 0.3) is 0 Å². The number of nitrogens with two attached hydrogens (primary N) is 1. The van der Waals surface area contributed by atoms with Gasteiger partial charge < -0.3 is 15.2 Å². The molecule has 0 amide bonds. The molecule has 0 heterocycles. The Balaban J connectivity index is 2.34. The Kier molecular flexibility index (Phi) is 4.63. The van der Waals surface area contributed by atoms with Crippen LogP contribution in [0.25, 0.3) is 0 Å². The molecular formula is C15H14BrNO3. The summed E-state index contributed by atoms with van der Waals surface area (Å²) in [7, 11) is 0. The number of benzene rings is 2. The molecule has 0 radical (unpaired) electrons. The van der Waals surface area contributed by atoms with E-state index < -0.39 is 5.97 Å². The summed E-state index contributed by atoms with van der Waals surface area (Å²) < 4.78 is 11.7. The molecule has 0 saturated heterocycles. The summed E-state index contributed by atoms with van der Waals surface area (Å²) in [5, 5.41) is 0. The number of hydrogen-bond donors (Lipinski definition) is 1. The molecule has 0 spiro atoms. The summed E-state index contributed by atoms with van der Waals surface area (Å²) >= 11 is 3.35. The van der Waals surface area contributed by atoms with E-state index in [2.05, 4.69) is 15.9 Å². The zero-order chi connectivity index (χ0) is 14.5. The molecule has 2 aromatic carbocycles. The van der Waals surface area contributed by atoms with Crippen molar-refractivity contribution in [3.8, 4) is 11.5 Å². The molecule has 0 bridgehead atoms. The maximum atomic E-state index is 11.9. The van der Waals surface area contributed by atoms with Crippen LogP contribution in [0.15, 0.2) is 46.9 Å². The lowest BCUT2D eigenvalue weighted by atomic mass is 10.1. The standard InChI is InChI=1S/C15H14BrNO3/c1-2-19-15(18)12-4-3-5-13(17)14(12)20-11-8-6-10(16)7-9-11/h3-9H,2,17H2,1H3. The summed E-state index contributed by atoms with van der Waals surface area (Å²) in [6.07, 6.45) is 0. The minimum atomic E-state index is -0.452. The van der Waals surface area contributed by atoms with E-state index in [1.807, 2.05) is 12.1 Å². The van der Waals surface area contributed by atoms with Crippen LogP contribution in [0, 0.1) is 0 Å². The molecule has 2 N–H and O–H groups in total. The third-order valence-electron chi connectivity index (χ3n) is 2.57. The first kappa shape index (κ1) is 14.4. The first-order chi connectivity index (χ1) is 9.61. The highest BCUT2D eigenvalue weighted by Gasteiger charge is 2.16. The van der Waals surface area contributed by atoms with Crippen LogP contribution in [0.4, 0.5) is 5.69 Å². The molecule has 0 fully saturated rings. The Morgan fingerprint density at radius 3 is 2.55 bits per heavy atom. The van der Waals surface area contributed by atoms with Gasteiger partial charge in [0.1, 0.15) is 11.3 Å². The van der Waals surface area contributed by atoms with E-state index in [9.17, 15) is 4.79 Å². The number of carbonyl (C=O) groups is 1. The average molecular weight is 336 g/mol. The Morgan fingerprint density at radius 2 is 1.90 bits per heavy atom. The summed E-state index contributed by atoms with van der Waals surface area (Å²) in [4.78, 5) is 11.9. The van der Waals surface area contributed by atoms with Crippen LogP contribution in [0.5, 0.6) is 11.5 Å². The van der Waals surface area contributed by atoms with Crippen LogP contribution in [-0.2, 0) is 4.74 Å². The Bertz CT molecular complexity index is 611. The average Bonchev–Trinajstić information content (AvgIpc) is 2.43. The third kappa shape index (κ3) is 3.30. The van der Waals surface area contributed by atoms with Crippen LogP contribution >= 0.6 is 15.9 Å². The zero-order valence-corrected chi connectivity index (χ0v) is 12.5. The topological polar surface area (TPSA) is 61.5 Å². The summed E-state index contributed by atoms with van der Waals surface area (Å²) in [5.41, 5.74) is 6.59. The van der Waals surface area contributed by atoms with Crippen molar-refractivity contribution in [3.05, 3.63) is 52.5 Å². The number of rotatable bonds is 4. The highest BCUT2D eigenvalue weighted by Crippen LogP contribution is 2.32. The number of carbonyl (C=O) groups excluding carboxylic acids is 1. The van der Waals surface area contributed by atoms with Gasteiger partial charge in [0.15, 0.2) is 5.75 Å². The Morgan fingerprint density at radius 1 is 1.20 bits per heavy atom. The predicted molar refractivity (Wildman–Crippen MR) is 81.0 cm³/mol. The molecule has 0 saturated carbocycles. The molecule has 0 atom stereocenters. The normalized spacial score (nSPS) is 10.1. The van der Waals surface area contributed by atoms with E-state index >= 15 is 0 Å². The first-order valence-electron chi connectivity index (χ1n) is 6.11. The Hall–Kier alpha value is -2.01. The largest absolute Gasteiger partial charge is 0.462 e. The van der Waals surface area contributed by atoms with E-state index in [4.69, 9.17) is 15.2 Å².